The van der Waals surface area contributed by atoms with E-state index in [2.05, 4.69) is 52.6 Å². The van der Waals surface area contributed by atoms with Crippen LogP contribution in [0.2, 0.25) is 0 Å². The Morgan fingerprint density at radius 1 is 1.12 bits per heavy atom. The van der Waals surface area contributed by atoms with Crippen LogP contribution in [-0.4, -0.2) is 52.1 Å². The summed E-state index contributed by atoms with van der Waals surface area (Å²) in [6.45, 7) is 9.62. The van der Waals surface area contributed by atoms with Gasteiger partial charge in [-0.15, -0.1) is 0 Å². The molecule has 0 saturated carbocycles. The number of likely N-dealkylation sites (tertiary alicyclic amines) is 1. The number of nitrogens with one attached hydrogen (secondary N) is 2. The summed E-state index contributed by atoms with van der Waals surface area (Å²) >= 11 is 0. The number of aryl methyl sites for hydroxylation is 2. The lowest BCUT2D eigenvalue weighted by atomic mass is 9.88. The van der Waals surface area contributed by atoms with Crippen LogP contribution >= 0.6 is 0 Å². The molecule has 2 aliphatic heterocycles. The van der Waals surface area contributed by atoms with Crippen molar-refractivity contribution in [2.75, 3.05) is 25.5 Å². The zero-order chi connectivity index (χ0) is 28.4. The Morgan fingerprint density at radius 2 is 1.90 bits per heavy atom. The Labute approximate surface area is 234 Å². The fraction of sp³-hybridized carbons (Fsp3) is 0.484. The van der Waals surface area contributed by atoms with Gasteiger partial charge in [0.15, 0.2) is 0 Å². The first-order chi connectivity index (χ1) is 19.2. The van der Waals surface area contributed by atoms with Gasteiger partial charge in [0.25, 0.3) is 5.56 Å². The molecule has 1 aromatic heterocycles. The van der Waals surface area contributed by atoms with Crippen LogP contribution in [0.4, 0.5) is 5.69 Å². The van der Waals surface area contributed by atoms with Crippen molar-refractivity contribution in [2.24, 2.45) is 0 Å². The van der Waals surface area contributed by atoms with E-state index in [1.54, 1.807) is 13.0 Å². The first-order valence-corrected chi connectivity index (χ1v) is 14.2. The molecule has 2 saturated heterocycles. The van der Waals surface area contributed by atoms with Gasteiger partial charge in [-0.2, -0.15) is 0 Å². The van der Waals surface area contributed by atoms with Crippen LogP contribution in [0.25, 0.3) is 10.9 Å². The van der Waals surface area contributed by atoms with Gasteiger partial charge in [0.05, 0.1) is 16.5 Å². The molecule has 2 aromatic carbocycles. The predicted molar refractivity (Wildman–Crippen MR) is 155 cm³/mol. The number of methoxy groups -OCH3 is 1. The molecule has 9 heteroatoms. The maximum atomic E-state index is 13.7. The molecule has 0 aliphatic carbocycles. The maximum Gasteiger partial charge on any atom is 0.264 e. The minimum atomic E-state index is -0.752. The van der Waals surface area contributed by atoms with Gasteiger partial charge in [-0.25, -0.2) is 4.98 Å². The number of carbonyl (C=O) groups excluding carboxylic acids is 2. The summed E-state index contributed by atoms with van der Waals surface area (Å²) in [5, 5.41) is 6.22. The van der Waals surface area contributed by atoms with Gasteiger partial charge in [0.1, 0.15) is 11.9 Å². The third-order valence-corrected chi connectivity index (χ3v) is 8.76. The molecule has 0 spiro atoms. The van der Waals surface area contributed by atoms with Gasteiger partial charge in [-0.3, -0.25) is 29.2 Å². The Kier molecular flexibility index (Phi) is 8.05. The van der Waals surface area contributed by atoms with Crippen LogP contribution in [-0.2, 0) is 27.4 Å². The summed E-state index contributed by atoms with van der Waals surface area (Å²) in [4.78, 5) is 45.0. The highest BCUT2D eigenvalue weighted by atomic mass is 16.5. The molecule has 212 valence electrons. The number of hydrogen-bond donors (Lipinski definition) is 2. The van der Waals surface area contributed by atoms with Gasteiger partial charge in [0, 0.05) is 45.4 Å². The number of carbonyl (C=O) groups is 2. The number of piperidine rings is 2. The summed E-state index contributed by atoms with van der Waals surface area (Å²) in [6, 6.07) is 11.3. The molecule has 40 heavy (non-hydrogen) atoms. The number of imide groups is 1. The third-order valence-electron chi connectivity index (χ3n) is 8.76. The van der Waals surface area contributed by atoms with Crippen molar-refractivity contribution in [1.29, 1.82) is 0 Å². The molecule has 2 N–H and O–H groups in total. The first-order valence-electron chi connectivity index (χ1n) is 14.2. The standard InChI is InChI=1S/C31H39N5O4/c1-5-31(40-4)13-15-35(16-14-31)19-23-10-9-22(17-20(23)2)18-32-24-7-6-8-25-28(24)30(39)36(21(3)33-25)26-11-12-27(37)34-29(26)38/h6-10,17,26,32H,5,11-16,18-19H2,1-4H3,(H,34,37,38). The molecule has 2 amide bonds. The first kappa shape index (κ1) is 28.0. The molecule has 1 unspecified atom stereocenters. The van der Waals surface area contributed by atoms with Gasteiger partial charge in [-0.05, 0) is 68.4 Å². The number of ether oxygens (including phenoxy) is 1. The summed E-state index contributed by atoms with van der Waals surface area (Å²) < 4.78 is 7.25. The van der Waals surface area contributed by atoms with E-state index in [1.807, 2.05) is 19.2 Å². The van der Waals surface area contributed by atoms with E-state index in [1.165, 1.54) is 15.7 Å². The average Bonchev–Trinajstić information content (AvgIpc) is 2.94. The lowest BCUT2D eigenvalue weighted by Crippen LogP contribution is -2.45. The number of rotatable bonds is 8. The lowest BCUT2D eigenvalue weighted by Gasteiger charge is -2.40. The molecule has 0 bridgehead atoms. The topological polar surface area (TPSA) is 106 Å². The van der Waals surface area contributed by atoms with Crippen molar-refractivity contribution in [1.82, 2.24) is 19.8 Å². The van der Waals surface area contributed by atoms with Crippen molar-refractivity contribution in [3.63, 3.8) is 0 Å². The van der Waals surface area contributed by atoms with E-state index in [0.717, 1.165) is 44.5 Å². The van der Waals surface area contributed by atoms with Crippen LogP contribution in [0.5, 0.6) is 0 Å². The van der Waals surface area contributed by atoms with Crippen LogP contribution in [0, 0.1) is 13.8 Å². The number of anilines is 1. The summed E-state index contributed by atoms with van der Waals surface area (Å²) in [5.41, 5.74) is 4.67. The third kappa shape index (κ3) is 5.53. The van der Waals surface area contributed by atoms with E-state index in [9.17, 15) is 14.4 Å². The monoisotopic (exact) mass is 545 g/mol. The second kappa shape index (κ2) is 11.5. The molecule has 9 nitrogen and oxygen atoms in total. The lowest BCUT2D eigenvalue weighted by molar-refractivity contribution is -0.135. The van der Waals surface area contributed by atoms with E-state index in [0.29, 0.717) is 29.0 Å². The zero-order valence-electron chi connectivity index (χ0n) is 23.9. The van der Waals surface area contributed by atoms with E-state index < -0.39 is 11.9 Å². The number of hydrogen-bond acceptors (Lipinski definition) is 7. The van der Waals surface area contributed by atoms with Crippen LogP contribution in [0.1, 0.15) is 67.6 Å². The highest BCUT2D eigenvalue weighted by molar-refractivity contribution is 5.99. The van der Waals surface area contributed by atoms with Gasteiger partial charge in [-0.1, -0.05) is 31.2 Å². The molecule has 3 aromatic rings. The van der Waals surface area contributed by atoms with Crippen molar-refractivity contribution in [2.45, 2.75) is 77.6 Å². The fourth-order valence-corrected chi connectivity index (χ4v) is 6.10. The van der Waals surface area contributed by atoms with Crippen molar-refractivity contribution in [3.05, 3.63) is 69.3 Å². The van der Waals surface area contributed by atoms with Gasteiger partial charge >= 0.3 is 0 Å². The normalized spacial score (nSPS) is 19.6. The largest absolute Gasteiger partial charge is 0.380 e. The van der Waals surface area contributed by atoms with E-state index >= 15 is 0 Å². The Hall–Kier alpha value is -3.56. The van der Waals surface area contributed by atoms with Gasteiger partial charge < -0.3 is 10.1 Å². The fourth-order valence-electron chi connectivity index (χ4n) is 6.10. The molecule has 1 atom stereocenters. The number of amides is 2. The Balaban J connectivity index is 1.32. The Morgan fingerprint density at radius 3 is 2.58 bits per heavy atom. The zero-order valence-corrected chi connectivity index (χ0v) is 23.9. The van der Waals surface area contributed by atoms with Crippen molar-refractivity contribution < 1.29 is 14.3 Å². The molecule has 3 heterocycles. The van der Waals surface area contributed by atoms with Crippen molar-refractivity contribution in [3.8, 4) is 0 Å². The SMILES string of the molecule is CCC1(OC)CCN(Cc2ccc(CNc3cccc4nc(C)n(C5CCC(=O)NC5=O)c(=O)c34)cc2C)CC1. The molecule has 2 fully saturated rings. The summed E-state index contributed by atoms with van der Waals surface area (Å²) in [6.07, 6.45) is 3.65. The second-order valence-corrected chi connectivity index (χ2v) is 11.1. The van der Waals surface area contributed by atoms with E-state index in [-0.39, 0.29) is 29.9 Å². The smallest absolute Gasteiger partial charge is 0.264 e. The molecule has 0 radical (unpaired) electrons. The highest BCUT2D eigenvalue weighted by Crippen LogP contribution is 2.30. The van der Waals surface area contributed by atoms with Gasteiger partial charge in [0.2, 0.25) is 11.8 Å². The molecule has 2 aliphatic rings. The summed E-state index contributed by atoms with van der Waals surface area (Å²) in [5.74, 6) is -0.326. The van der Waals surface area contributed by atoms with E-state index in [4.69, 9.17) is 4.74 Å². The van der Waals surface area contributed by atoms with Crippen LogP contribution in [0.3, 0.4) is 0 Å². The second-order valence-electron chi connectivity index (χ2n) is 11.1. The van der Waals surface area contributed by atoms with Crippen molar-refractivity contribution >= 4 is 28.4 Å². The molecular formula is C31H39N5O4. The Bertz CT molecular complexity index is 1480. The van der Waals surface area contributed by atoms with Crippen LogP contribution < -0.4 is 16.2 Å². The molecular weight excluding hydrogens is 506 g/mol. The predicted octanol–water partition coefficient (Wildman–Crippen LogP) is 3.99. The summed E-state index contributed by atoms with van der Waals surface area (Å²) in [7, 11) is 1.83. The quantitative estimate of drug-likeness (QED) is 0.412. The number of nitrogens with zero attached hydrogens (tertiary/aromatic N) is 3. The minimum Gasteiger partial charge on any atom is -0.380 e. The minimum absolute atomic E-state index is 0.0298. The number of aromatic nitrogens is 2. The highest BCUT2D eigenvalue weighted by Gasteiger charge is 2.33. The molecule has 5 rings (SSSR count). The number of benzene rings is 2. The maximum absolute atomic E-state index is 13.7. The average molecular weight is 546 g/mol. The van der Waals surface area contributed by atoms with Crippen LogP contribution in [0.15, 0.2) is 41.2 Å². The number of fused-ring (bicyclic) bond motifs is 1.